The van der Waals surface area contributed by atoms with Gasteiger partial charge in [0.15, 0.2) is 0 Å². The molecule has 0 bridgehead atoms. The molecule has 0 fully saturated rings. The van der Waals surface area contributed by atoms with Crippen LogP contribution >= 0.6 is 0 Å². The molecule has 0 aliphatic rings. The van der Waals surface area contributed by atoms with E-state index >= 15 is 0 Å². The van der Waals surface area contributed by atoms with Gasteiger partial charge in [0, 0.05) is 12.6 Å². The zero-order valence-electron chi connectivity index (χ0n) is 14.4. The maximum atomic E-state index is 12.5. The highest BCUT2D eigenvalue weighted by Crippen LogP contribution is 2.18. The Hall–Kier alpha value is -2.63. The molecule has 2 aromatic rings. The Morgan fingerprint density at radius 1 is 1.25 bits per heavy atom. The van der Waals surface area contributed by atoms with Crippen LogP contribution in [0.3, 0.4) is 0 Å². The lowest BCUT2D eigenvalue weighted by atomic mass is 10.0. The lowest BCUT2D eigenvalue weighted by Gasteiger charge is -2.18. The van der Waals surface area contributed by atoms with Crippen molar-refractivity contribution in [2.45, 2.75) is 26.3 Å². The van der Waals surface area contributed by atoms with E-state index in [0.29, 0.717) is 17.8 Å². The van der Waals surface area contributed by atoms with Gasteiger partial charge in [0.1, 0.15) is 11.7 Å². The number of amides is 1. The van der Waals surface area contributed by atoms with E-state index in [1.807, 2.05) is 44.2 Å². The maximum absolute atomic E-state index is 12.5. The molecule has 6 heteroatoms. The van der Waals surface area contributed by atoms with Gasteiger partial charge in [-0.25, -0.2) is 4.79 Å². The molecule has 1 amide bonds. The number of aryl methyl sites for hydroxylation is 1. The molecule has 0 saturated heterocycles. The summed E-state index contributed by atoms with van der Waals surface area (Å²) >= 11 is 0. The van der Waals surface area contributed by atoms with Crippen molar-refractivity contribution in [1.82, 2.24) is 15.1 Å². The monoisotopic (exact) mass is 329 g/mol. The summed E-state index contributed by atoms with van der Waals surface area (Å²) in [5.41, 5.74) is 2.03. The molecule has 1 heterocycles. The first-order valence-electron chi connectivity index (χ1n) is 7.90. The topological polar surface area (TPSA) is 73.2 Å². The van der Waals surface area contributed by atoms with Crippen LogP contribution in [0.2, 0.25) is 0 Å². The van der Waals surface area contributed by atoms with Crippen LogP contribution in [0.1, 0.15) is 30.8 Å². The van der Waals surface area contributed by atoms with Gasteiger partial charge in [0.25, 0.3) is 5.91 Å². The molecule has 2 rings (SSSR count). The molecule has 1 atom stereocenters. The molecule has 128 valence electrons. The summed E-state index contributed by atoms with van der Waals surface area (Å²) in [7, 11) is 3.02. The lowest BCUT2D eigenvalue weighted by Crippen LogP contribution is -2.42. The largest absolute Gasteiger partial charge is 0.467 e. The first-order valence-corrected chi connectivity index (χ1v) is 7.90. The minimum atomic E-state index is -0.669. The maximum Gasteiger partial charge on any atom is 0.328 e. The molecule has 0 aliphatic heterocycles. The fraction of sp³-hybridized carbons (Fsp3) is 0.389. The van der Waals surface area contributed by atoms with E-state index < -0.39 is 12.0 Å². The number of nitrogens with one attached hydrogen (secondary N) is 1. The molecule has 0 unspecified atom stereocenters. The van der Waals surface area contributed by atoms with E-state index in [1.165, 1.54) is 11.8 Å². The zero-order valence-corrected chi connectivity index (χ0v) is 14.4. The van der Waals surface area contributed by atoms with E-state index in [-0.39, 0.29) is 11.8 Å². The number of carbonyl (C=O) groups excluding carboxylic acids is 2. The van der Waals surface area contributed by atoms with Crippen molar-refractivity contribution in [1.29, 1.82) is 0 Å². The number of hydrogen-bond donors (Lipinski definition) is 1. The molecule has 1 N–H and O–H groups in total. The minimum Gasteiger partial charge on any atom is -0.467 e. The summed E-state index contributed by atoms with van der Waals surface area (Å²) in [5, 5.41) is 7.12. The smallest absolute Gasteiger partial charge is 0.328 e. The van der Waals surface area contributed by atoms with E-state index in [4.69, 9.17) is 4.74 Å². The van der Waals surface area contributed by atoms with Crippen molar-refractivity contribution < 1.29 is 14.3 Å². The Balaban J connectivity index is 2.20. The van der Waals surface area contributed by atoms with Crippen LogP contribution in [0.5, 0.6) is 0 Å². The molecule has 0 spiro atoms. The Morgan fingerprint density at radius 3 is 2.50 bits per heavy atom. The number of esters is 1. The van der Waals surface area contributed by atoms with Crippen LogP contribution in [-0.4, -0.2) is 34.8 Å². The Kier molecular flexibility index (Phi) is 5.73. The van der Waals surface area contributed by atoms with Crippen molar-refractivity contribution in [3.63, 3.8) is 0 Å². The average molecular weight is 329 g/mol. The fourth-order valence-corrected chi connectivity index (χ4v) is 2.49. The summed E-state index contributed by atoms with van der Waals surface area (Å²) < 4.78 is 6.29. The Morgan fingerprint density at radius 2 is 1.92 bits per heavy atom. The summed E-state index contributed by atoms with van der Waals surface area (Å²) in [6.07, 6.45) is 0.516. The molecule has 1 aromatic carbocycles. The number of aromatic nitrogens is 2. The van der Waals surface area contributed by atoms with Crippen molar-refractivity contribution >= 4 is 11.9 Å². The number of rotatable bonds is 6. The Labute approximate surface area is 141 Å². The number of ether oxygens (including phenoxy) is 1. The van der Waals surface area contributed by atoms with Gasteiger partial charge >= 0.3 is 5.97 Å². The molecular weight excluding hydrogens is 306 g/mol. The van der Waals surface area contributed by atoms with Gasteiger partial charge in [-0.15, -0.1) is 0 Å². The van der Waals surface area contributed by atoms with Gasteiger partial charge in [-0.1, -0.05) is 44.2 Å². The van der Waals surface area contributed by atoms with Crippen LogP contribution in [0.4, 0.5) is 0 Å². The van der Waals surface area contributed by atoms with Crippen LogP contribution in [0, 0.1) is 5.92 Å². The minimum absolute atomic E-state index is 0.251. The molecule has 0 radical (unpaired) electrons. The summed E-state index contributed by atoms with van der Waals surface area (Å²) in [4.78, 5) is 24.4. The van der Waals surface area contributed by atoms with Gasteiger partial charge in [-0.05, 0) is 18.4 Å². The van der Waals surface area contributed by atoms with Gasteiger partial charge in [0.2, 0.25) is 0 Å². The number of methoxy groups -OCH3 is 1. The molecule has 24 heavy (non-hydrogen) atoms. The summed E-state index contributed by atoms with van der Waals surface area (Å²) in [6, 6.07) is 10.7. The van der Waals surface area contributed by atoms with E-state index in [9.17, 15) is 9.59 Å². The van der Waals surface area contributed by atoms with Gasteiger partial charge < -0.3 is 10.1 Å². The standard InChI is InChI=1S/C18H23N3O3/c1-12(2)10-15(18(23)24-4)19-17(22)16-11-14(20-21(16)3)13-8-6-5-7-9-13/h5-9,11-12,15H,10H2,1-4H3,(H,19,22)/t15-/m0/s1. The number of hydrogen-bond acceptors (Lipinski definition) is 4. The van der Waals surface area contributed by atoms with Gasteiger partial charge in [-0.2, -0.15) is 5.10 Å². The summed E-state index contributed by atoms with van der Waals surface area (Å²) in [5.74, 6) is -0.536. The third-order valence-corrected chi connectivity index (χ3v) is 3.68. The average Bonchev–Trinajstić information content (AvgIpc) is 2.96. The van der Waals surface area contributed by atoms with Crippen LogP contribution in [0.25, 0.3) is 11.3 Å². The van der Waals surface area contributed by atoms with Crippen molar-refractivity contribution in [2.75, 3.05) is 7.11 Å². The number of carbonyl (C=O) groups is 2. The van der Waals surface area contributed by atoms with Crippen LogP contribution in [0.15, 0.2) is 36.4 Å². The van der Waals surface area contributed by atoms with Crippen molar-refractivity contribution in [3.8, 4) is 11.3 Å². The molecule has 1 aromatic heterocycles. The second kappa shape index (κ2) is 7.77. The predicted octanol–water partition coefficient (Wildman–Crippen LogP) is 2.40. The fourth-order valence-electron chi connectivity index (χ4n) is 2.49. The predicted molar refractivity (Wildman–Crippen MR) is 91.4 cm³/mol. The van der Waals surface area contributed by atoms with Crippen LogP contribution < -0.4 is 5.32 Å². The normalized spacial score (nSPS) is 12.0. The van der Waals surface area contributed by atoms with E-state index in [0.717, 1.165) is 5.56 Å². The quantitative estimate of drug-likeness (QED) is 0.826. The first-order chi connectivity index (χ1) is 11.4. The van der Waals surface area contributed by atoms with Gasteiger partial charge in [0.05, 0.1) is 12.8 Å². The molecular formula is C18H23N3O3. The molecule has 6 nitrogen and oxygen atoms in total. The van der Waals surface area contributed by atoms with Gasteiger partial charge in [-0.3, -0.25) is 9.48 Å². The SMILES string of the molecule is COC(=O)[C@H](CC(C)C)NC(=O)c1cc(-c2ccccc2)nn1C. The number of benzene rings is 1. The first kappa shape index (κ1) is 17.7. The van der Waals surface area contributed by atoms with E-state index in [1.54, 1.807) is 13.1 Å². The highest BCUT2D eigenvalue weighted by Gasteiger charge is 2.24. The second-order valence-corrected chi connectivity index (χ2v) is 6.08. The van der Waals surface area contributed by atoms with Crippen molar-refractivity contribution in [2.24, 2.45) is 13.0 Å². The second-order valence-electron chi connectivity index (χ2n) is 6.08. The number of nitrogens with zero attached hydrogens (tertiary/aromatic N) is 2. The third kappa shape index (κ3) is 4.22. The molecule has 0 saturated carbocycles. The highest BCUT2D eigenvalue weighted by molar-refractivity contribution is 5.96. The highest BCUT2D eigenvalue weighted by atomic mass is 16.5. The summed E-state index contributed by atoms with van der Waals surface area (Å²) in [6.45, 7) is 3.97. The molecule has 0 aliphatic carbocycles. The third-order valence-electron chi connectivity index (χ3n) is 3.68. The lowest BCUT2D eigenvalue weighted by molar-refractivity contribution is -0.143. The van der Waals surface area contributed by atoms with Crippen LogP contribution in [-0.2, 0) is 16.6 Å². The Bertz CT molecular complexity index is 708. The van der Waals surface area contributed by atoms with Crippen molar-refractivity contribution in [3.05, 3.63) is 42.1 Å². The zero-order chi connectivity index (χ0) is 17.7. The van der Waals surface area contributed by atoms with E-state index in [2.05, 4.69) is 10.4 Å².